The molecule has 174 valence electrons. The second-order valence-corrected chi connectivity index (χ2v) is 10.5. The molecule has 2 aliphatic heterocycles. The van der Waals surface area contributed by atoms with Crippen LogP contribution in [0.1, 0.15) is 65.5 Å². The Morgan fingerprint density at radius 1 is 0.879 bits per heavy atom. The van der Waals surface area contributed by atoms with Crippen LogP contribution in [-0.2, 0) is 10.8 Å². The van der Waals surface area contributed by atoms with Gasteiger partial charge in [-0.3, -0.25) is 0 Å². The molecule has 2 heteroatoms. The number of para-hydroxylation sites is 2. The van der Waals surface area contributed by atoms with Crippen molar-refractivity contribution in [2.24, 2.45) is 11.8 Å². The fourth-order valence-electron chi connectivity index (χ4n) is 6.30. The van der Waals surface area contributed by atoms with Crippen LogP contribution in [0.2, 0.25) is 0 Å². The van der Waals surface area contributed by atoms with Crippen molar-refractivity contribution in [1.29, 1.82) is 0 Å². The number of likely N-dealkylation sites (N-methyl/N-ethyl adjacent to an activating group) is 1. The highest BCUT2D eigenvalue weighted by atomic mass is 15.2. The summed E-state index contributed by atoms with van der Waals surface area (Å²) in [5, 5.41) is 0. The molecular weight excluding hydrogens is 400 g/mol. The summed E-state index contributed by atoms with van der Waals surface area (Å²) in [6.07, 6.45) is 9.35. The lowest BCUT2D eigenvalue weighted by Gasteiger charge is -2.34. The Balaban J connectivity index is 1.79. The molecule has 2 heterocycles. The van der Waals surface area contributed by atoms with E-state index in [9.17, 15) is 0 Å². The highest BCUT2D eigenvalue weighted by Gasteiger charge is 2.49. The molecule has 2 aliphatic rings. The van der Waals surface area contributed by atoms with E-state index < -0.39 is 0 Å². The van der Waals surface area contributed by atoms with Gasteiger partial charge in [0.25, 0.3) is 0 Å². The Labute approximate surface area is 201 Å². The number of nitrogens with zero attached hydrogens (tertiary/aromatic N) is 2. The van der Waals surface area contributed by atoms with Crippen molar-refractivity contribution in [1.82, 2.24) is 0 Å². The molecule has 0 unspecified atom stereocenters. The lowest BCUT2D eigenvalue weighted by molar-refractivity contribution is -0.401. The van der Waals surface area contributed by atoms with Crippen LogP contribution in [0.4, 0.5) is 11.4 Å². The third-order valence-electron chi connectivity index (χ3n) is 9.14. The summed E-state index contributed by atoms with van der Waals surface area (Å²) in [5.74, 6) is 1.11. The van der Waals surface area contributed by atoms with Gasteiger partial charge in [0.15, 0.2) is 5.71 Å². The van der Waals surface area contributed by atoms with Gasteiger partial charge in [0.05, 0.1) is 5.41 Å². The Bertz CT molecular complexity index is 1140. The molecule has 0 aliphatic carbocycles. The van der Waals surface area contributed by atoms with E-state index >= 15 is 0 Å². The maximum absolute atomic E-state index is 2.43. The van der Waals surface area contributed by atoms with Gasteiger partial charge < -0.3 is 4.90 Å². The van der Waals surface area contributed by atoms with Crippen LogP contribution >= 0.6 is 0 Å². The van der Waals surface area contributed by atoms with Crippen LogP contribution < -0.4 is 4.90 Å². The predicted octanol–water partition coefficient (Wildman–Crippen LogP) is 7.61. The highest BCUT2D eigenvalue weighted by molar-refractivity contribution is 6.03. The summed E-state index contributed by atoms with van der Waals surface area (Å²) >= 11 is 0. The topological polar surface area (TPSA) is 6.25 Å². The van der Waals surface area contributed by atoms with Gasteiger partial charge in [-0.25, -0.2) is 0 Å². The van der Waals surface area contributed by atoms with Crippen LogP contribution in [0.15, 0.2) is 72.5 Å². The summed E-state index contributed by atoms with van der Waals surface area (Å²) < 4.78 is 2.40. The maximum Gasteiger partial charge on any atom is 0.209 e. The minimum atomic E-state index is 0.0135. The summed E-state index contributed by atoms with van der Waals surface area (Å²) in [6.45, 7) is 14.3. The van der Waals surface area contributed by atoms with Gasteiger partial charge in [0.2, 0.25) is 5.69 Å². The van der Waals surface area contributed by atoms with Crippen molar-refractivity contribution in [3.05, 3.63) is 83.6 Å². The Hall–Kier alpha value is -2.61. The van der Waals surface area contributed by atoms with Gasteiger partial charge in [-0.05, 0) is 43.4 Å². The fourth-order valence-corrected chi connectivity index (χ4v) is 6.30. The minimum absolute atomic E-state index is 0.0135. The third-order valence-corrected chi connectivity index (χ3v) is 9.14. The molecule has 0 spiro atoms. The molecule has 0 saturated carbocycles. The maximum atomic E-state index is 2.43. The molecule has 0 fully saturated rings. The van der Waals surface area contributed by atoms with E-state index in [1.54, 1.807) is 0 Å². The SMILES string of the molecule is CC[C@H](C)[C@@]1(C)C(/C=C/C=C2\N(C)c3ccccc3[C@@]2(C)[C@@H](C)CC)=[N+](C)c2ccccc21. The standard InChI is InChI=1S/C31H41N2/c1-9-22(3)30(5)24-16-11-13-18-26(24)32(7)28(30)20-15-21-29-31(6,23(4)10-2)25-17-12-14-19-27(25)33(29)8/h11-23H,9-10H2,1-8H3/q+1/t22-,23-,30+,31+/m0/s1. The lowest BCUT2D eigenvalue weighted by atomic mass is 9.69. The number of benzene rings is 2. The molecule has 2 aromatic rings. The largest absolute Gasteiger partial charge is 0.347 e. The van der Waals surface area contributed by atoms with E-state index in [2.05, 4.69) is 132 Å². The Morgan fingerprint density at radius 2 is 1.45 bits per heavy atom. The van der Waals surface area contributed by atoms with Crippen molar-refractivity contribution in [3.8, 4) is 0 Å². The van der Waals surface area contributed by atoms with Gasteiger partial charge in [0.1, 0.15) is 7.05 Å². The summed E-state index contributed by atoms with van der Waals surface area (Å²) in [7, 11) is 4.44. The number of rotatable bonds is 6. The van der Waals surface area contributed by atoms with E-state index in [4.69, 9.17) is 0 Å². The van der Waals surface area contributed by atoms with Gasteiger partial charge in [-0.1, -0.05) is 83.0 Å². The second-order valence-electron chi connectivity index (χ2n) is 10.5. The zero-order valence-electron chi connectivity index (χ0n) is 21.8. The lowest BCUT2D eigenvalue weighted by Crippen LogP contribution is -2.37. The number of allylic oxidation sites excluding steroid dienone is 4. The molecule has 0 aromatic heterocycles. The first kappa shape index (κ1) is 23.5. The summed E-state index contributed by atoms with van der Waals surface area (Å²) in [6, 6.07) is 17.8. The van der Waals surface area contributed by atoms with E-state index in [0.29, 0.717) is 11.8 Å². The van der Waals surface area contributed by atoms with Crippen molar-refractivity contribution in [2.45, 2.75) is 65.2 Å². The molecule has 4 atom stereocenters. The quantitative estimate of drug-likeness (QED) is 0.418. The zero-order valence-corrected chi connectivity index (χ0v) is 21.8. The molecule has 0 bridgehead atoms. The molecule has 0 N–H and O–H groups in total. The molecule has 2 nitrogen and oxygen atoms in total. The Morgan fingerprint density at radius 3 is 2.12 bits per heavy atom. The molecule has 0 saturated heterocycles. The predicted molar refractivity (Wildman–Crippen MR) is 143 cm³/mol. The van der Waals surface area contributed by atoms with Crippen molar-refractivity contribution in [2.75, 3.05) is 19.0 Å². The first-order valence-corrected chi connectivity index (χ1v) is 12.7. The number of fused-ring (bicyclic) bond motifs is 2. The zero-order chi connectivity index (χ0) is 24.0. The summed E-state index contributed by atoms with van der Waals surface area (Å²) in [4.78, 5) is 2.40. The van der Waals surface area contributed by atoms with E-state index in [1.165, 1.54) is 33.9 Å². The van der Waals surface area contributed by atoms with Crippen molar-refractivity contribution >= 4 is 17.1 Å². The van der Waals surface area contributed by atoms with Crippen LogP contribution in [0.25, 0.3) is 0 Å². The average Bonchev–Trinajstić information content (AvgIpc) is 3.20. The van der Waals surface area contributed by atoms with E-state index in [1.807, 2.05) is 0 Å². The Kier molecular flexibility index (Phi) is 6.16. The van der Waals surface area contributed by atoms with Crippen LogP contribution in [-0.4, -0.2) is 24.4 Å². The smallest absolute Gasteiger partial charge is 0.209 e. The van der Waals surface area contributed by atoms with E-state index in [-0.39, 0.29) is 10.8 Å². The van der Waals surface area contributed by atoms with Gasteiger partial charge in [-0.15, -0.1) is 0 Å². The van der Waals surface area contributed by atoms with E-state index in [0.717, 1.165) is 12.8 Å². The van der Waals surface area contributed by atoms with Crippen LogP contribution in [0.3, 0.4) is 0 Å². The number of hydrogen-bond donors (Lipinski definition) is 0. The highest BCUT2D eigenvalue weighted by Crippen LogP contribution is 2.52. The molecule has 33 heavy (non-hydrogen) atoms. The molecule has 4 rings (SSSR count). The van der Waals surface area contributed by atoms with Crippen molar-refractivity contribution in [3.63, 3.8) is 0 Å². The van der Waals surface area contributed by atoms with Crippen molar-refractivity contribution < 1.29 is 4.58 Å². The molecular formula is C31H41N2+. The third kappa shape index (κ3) is 3.33. The first-order valence-electron chi connectivity index (χ1n) is 12.7. The summed E-state index contributed by atoms with van der Waals surface area (Å²) in [5.41, 5.74) is 8.37. The first-order chi connectivity index (χ1) is 15.7. The van der Waals surface area contributed by atoms with Crippen LogP contribution in [0.5, 0.6) is 0 Å². The normalized spacial score (nSPS) is 27.4. The fraction of sp³-hybridized carbons (Fsp3) is 0.452. The molecule has 0 amide bonds. The molecule has 2 aromatic carbocycles. The number of anilines is 1. The van der Waals surface area contributed by atoms with Crippen LogP contribution in [0, 0.1) is 11.8 Å². The van der Waals surface area contributed by atoms with Gasteiger partial charge in [-0.2, -0.15) is 4.58 Å². The monoisotopic (exact) mass is 441 g/mol. The molecule has 0 radical (unpaired) electrons. The van der Waals surface area contributed by atoms with Gasteiger partial charge >= 0.3 is 0 Å². The second kappa shape index (κ2) is 8.63. The number of hydrogen-bond acceptors (Lipinski definition) is 1. The van der Waals surface area contributed by atoms with Gasteiger partial charge in [0, 0.05) is 41.6 Å². The average molecular weight is 442 g/mol. The minimum Gasteiger partial charge on any atom is -0.347 e.